The van der Waals surface area contributed by atoms with Gasteiger partial charge in [0.1, 0.15) is 5.82 Å². The average Bonchev–Trinajstić information content (AvgIpc) is 2.65. The molecule has 0 fully saturated rings. The molecule has 0 aliphatic rings. The standard InChI is InChI=1S/C21H13FN2O2/c1-24-18-10-13-17(23-16-8-3-2-5-11(16)20(13)25)9-14(18)21(26)12-6-4-7-15(22)19(12)24/h2-10H,1H3,(H,23,25). The predicted octanol–water partition coefficient (Wildman–Crippen LogP) is 3.83. The third-order valence-corrected chi connectivity index (χ3v) is 4.99. The molecule has 0 radical (unpaired) electrons. The van der Waals surface area contributed by atoms with Gasteiger partial charge in [-0.1, -0.05) is 18.2 Å². The SMILES string of the molecule is Cn1c2cc3c(=O)c4ccccc4[nH]c3cc2c(=O)c2cccc(F)c21. The third-order valence-electron chi connectivity index (χ3n) is 4.99. The van der Waals surface area contributed by atoms with Gasteiger partial charge in [0.05, 0.1) is 16.6 Å². The molecule has 1 N–H and O–H groups in total. The van der Waals surface area contributed by atoms with Gasteiger partial charge in [0, 0.05) is 34.1 Å². The van der Waals surface area contributed by atoms with Crippen LogP contribution < -0.4 is 10.9 Å². The number of aryl methyl sites for hydroxylation is 1. The minimum Gasteiger partial charge on any atom is -0.354 e. The first-order valence-corrected chi connectivity index (χ1v) is 8.22. The zero-order valence-electron chi connectivity index (χ0n) is 13.8. The van der Waals surface area contributed by atoms with Gasteiger partial charge in [0.25, 0.3) is 0 Å². The van der Waals surface area contributed by atoms with E-state index in [1.807, 2.05) is 18.2 Å². The summed E-state index contributed by atoms with van der Waals surface area (Å²) < 4.78 is 16.0. The van der Waals surface area contributed by atoms with E-state index in [0.717, 1.165) is 0 Å². The molecule has 26 heavy (non-hydrogen) atoms. The minimum atomic E-state index is -0.462. The van der Waals surface area contributed by atoms with Gasteiger partial charge in [-0.15, -0.1) is 0 Å². The van der Waals surface area contributed by atoms with E-state index < -0.39 is 5.82 Å². The number of nitrogens with zero attached hydrogens (tertiary/aromatic N) is 1. The lowest BCUT2D eigenvalue weighted by Crippen LogP contribution is -2.12. The first-order chi connectivity index (χ1) is 12.6. The Kier molecular flexibility index (Phi) is 2.86. The Morgan fingerprint density at radius 1 is 0.808 bits per heavy atom. The number of benzene rings is 3. The average molecular weight is 344 g/mol. The number of H-pyrrole nitrogens is 1. The Bertz CT molecular complexity index is 1500. The molecule has 5 aromatic rings. The molecule has 3 aromatic carbocycles. The van der Waals surface area contributed by atoms with Gasteiger partial charge in [-0.2, -0.15) is 0 Å². The summed E-state index contributed by atoms with van der Waals surface area (Å²) in [7, 11) is 1.70. The normalized spacial score (nSPS) is 11.8. The molecule has 2 heterocycles. The lowest BCUT2D eigenvalue weighted by atomic mass is 10.0. The summed E-state index contributed by atoms with van der Waals surface area (Å²) in [6.45, 7) is 0. The molecule has 0 spiro atoms. The van der Waals surface area contributed by atoms with E-state index in [-0.39, 0.29) is 16.4 Å². The van der Waals surface area contributed by atoms with Crippen LogP contribution >= 0.6 is 0 Å². The monoisotopic (exact) mass is 344 g/mol. The van der Waals surface area contributed by atoms with Crippen molar-refractivity contribution in [1.29, 1.82) is 0 Å². The highest BCUT2D eigenvalue weighted by atomic mass is 19.1. The predicted molar refractivity (Wildman–Crippen MR) is 102 cm³/mol. The van der Waals surface area contributed by atoms with Crippen molar-refractivity contribution in [3.05, 3.63) is 80.9 Å². The smallest absolute Gasteiger partial charge is 0.197 e. The number of nitrogens with one attached hydrogen (secondary N) is 1. The van der Waals surface area contributed by atoms with Crippen molar-refractivity contribution in [2.24, 2.45) is 7.05 Å². The molecule has 2 aromatic heterocycles. The highest BCUT2D eigenvalue weighted by molar-refractivity contribution is 6.03. The maximum absolute atomic E-state index is 14.3. The topological polar surface area (TPSA) is 54.9 Å². The molecule has 0 aliphatic heterocycles. The first-order valence-electron chi connectivity index (χ1n) is 8.22. The Morgan fingerprint density at radius 3 is 2.38 bits per heavy atom. The van der Waals surface area contributed by atoms with Gasteiger partial charge < -0.3 is 9.55 Å². The van der Waals surface area contributed by atoms with Crippen LogP contribution in [-0.4, -0.2) is 9.55 Å². The zero-order chi connectivity index (χ0) is 18.0. The van der Waals surface area contributed by atoms with Gasteiger partial charge in [-0.3, -0.25) is 9.59 Å². The maximum Gasteiger partial charge on any atom is 0.197 e. The molecule has 0 atom stereocenters. The summed E-state index contributed by atoms with van der Waals surface area (Å²) in [5.74, 6) is -0.462. The minimum absolute atomic E-state index is 0.114. The molecular formula is C21H13FN2O2. The van der Waals surface area contributed by atoms with Gasteiger partial charge >= 0.3 is 0 Å². The number of fused-ring (bicyclic) bond motifs is 4. The van der Waals surface area contributed by atoms with Crippen molar-refractivity contribution in [3.8, 4) is 0 Å². The van der Waals surface area contributed by atoms with Crippen molar-refractivity contribution >= 4 is 43.6 Å². The van der Waals surface area contributed by atoms with Crippen molar-refractivity contribution in [2.75, 3.05) is 0 Å². The molecule has 0 bridgehead atoms. The summed E-state index contributed by atoms with van der Waals surface area (Å²) in [6.07, 6.45) is 0. The molecule has 4 nitrogen and oxygen atoms in total. The van der Waals surface area contributed by atoms with Crippen LogP contribution in [-0.2, 0) is 7.05 Å². The number of para-hydroxylation sites is 2. The number of hydrogen-bond acceptors (Lipinski definition) is 2. The van der Waals surface area contributed by atoms with Crippen LogP contribution in [0.5, 0.6) is 0 Å². The molecule has 0 saturated carbocycles. The summed E-state index contributed by atoms with van der Waals surface area (Å²) in [5, 5.41) is 1.82. The van der Waals surface area contributed by atoms with Crippen LogP contribution in [0.4, 0.5) is 4.39 Å². The number of aromatic amines is 1. The highest BCUT2D eigenvalue weighted by Gasteiger charge is 2.14. The number of halogens is 1. The van der Waals surface area contributed by atoms with Crippen LogP contribution in [0.3, 0.4) is 0 Å². The Labute approximate surface area is 146 Å². The molecule has 126 valence electrons. The van der Waals surface area contributed by atoms with E-state index in [1.165, 1.54) is 12.1 Å². The number of hydrogen-bond donors (Lipinski definition) is 1. The first kappa shape index (κ1) is 14.8. The van der Waals surface area contributed by atoms with E-state index in [4.69, 9.17) is 0 Å². The lowest BCUT2D eigenvalue weighted by Gasteiger charge is -2.12. The number of pyridine rings is 2. The molecule has 0 aliphatic carbocycles. The number of rotatable bonds is 0. The van der Waals surface area contributed by atoms with Crippen LogP contribution in [0, 0.1) is 5.82 Å². The number of aromatic nitrogens is 2. The van der Waals surface area contributed by atoms with Crippen molar-refractivity contribution in [2.45, 2.75) is 0 Å². The van der Waals surface area contributed by atoms with E-state index in [0.29, 0.717) is 38.1 Å². The summed E-state index contributed by atoms with van der Waals surface area (Å²) in [5.41, 5.74) is 1.71. The molecule has 0 amide bonds. The quantitative estimate of drug-likeness (QED) is 0.434. The molecule has 5 heteroatoms. The summed E-state index contributed by atoms with van der Waals surface area (Å²) in [4.78, 5) is 29.0. The van der Waals surface area contributed by atoms with Crippen molar-refractivity contribution < 1.29 is 4.39 Å². The highest BCUT2D eigenvalue weighted by Crippen LogP contribution is 2.24. The molecule has 0 saturated heterocycles. The van der Waals surface area contributed by atoms with Crippen LogP contribution in [0.25, 0.3) is 43.6 Å². The van der Waals surface area contributed by atoms with E-state index in [9.17, 15) is 14.0 Å². The maximum atomic E-state index is 14.3. The van der Waals surface area contributed by atoms with E-state index in [2.05, 4.69) is 4.98 Å². The second-order valence-corrected chi connectivity index (χ2v) is 6.44. The fourth-order valence-electron chi connectivity index (χ4n) is 3.72. The molecular weight excluding hydrogens is 331 g/mol. The Balaban J connectivity index is 2.09. The molecule has 0 unspecified atom stereocenters. The fourth-order valence-corrected chi connectivity index (χ4v) is 3.72. The van der Waals surface area contributed by atoms with Gasteiger partial charge in [-0.05, 0) is 36.4 Å². The summed E-state index contributed by atoms with van der Waals surface area (Å²) >= 11 is 0. The third kappa shape index (κ3) is 1.82. The fraction of sp³-hybridized carbons (Fsp3) is 0.0476. The van der Waals surface area contributed by atoms with E-state index in [1.54, 1.807) is 35.9 Å². The summed E-state index contributed by atoms with van der Waals surface area (Å²) in [6, 6.07) is 15.1. The van der Waals surface area contributed by atoms with E-state index >= 15 is 0 Å². The Hall–Kier alpha value is -3.47. The van der Waals surface area contributed by atoms with Crippen molar-refractivity contribution in [3.63, 3.8) is 0 Å². The zero-order valence-corrected chi connectivity index (χ0v) is 13.8. The van der Waals surface area contributed by atoms with Gasteiger partial charge in [-0.25, -0.2) is 4.39 Å². The van der Waals surface area contributed by atoms with Gasteiger partial charge in [0.2, 0.25) is 0 Å². The van der Waals surface area contributed by atoms with Crippen molar-refractivity contribution in [1.82, 2.24) is 9.55 Å². The van der Waals surface area contributed by atoms with Crippen LogP contribution in [0.1, 0.15) is 0 Å². The largest absolute Gasteiger partial charge is 0.354 e. The Morgan fingerprint density at radius 2 is 1.54 bits per heavy atom. The second-order valence-electron chi connectivity index (χ2n) is 6.44. The second kappa shape index (κ2) is 5.02. The molecule has 5 rings (SSSR count). The van der Waals surface area contributed by atoms with Gasteiger partial charge in [0.15, 0.2) is 10.9 Å². The van der Waals surface area contributed by atoms with Crippen LogP contribution in [0.2, 0.25) is 0 Å². The lowest BCUT2D eigenvalue weighted by molar-refractivity contribution is 0.632. The van der Waals surface area contributed by atoms with Crippen LogP contribution in [0.15, 0.2) is 64.2 Å².